The molecule has 17 heavy (non-hydrogen) atoms. The third-order valence-corrected chi connectivity index (χ3v) is 2.99. The Kier molecular flexibility index (Phi) is 3.93. The fraction of sp³-hybridized carbons (Fsp3) is 0.545. The molecule has 6 heteroatoms. The van der Waals surface area contributed by atoms with E-state index in [9.17, 15) is 4.79 Å². The van der Waals surface area contributed by atoms with Crippen molar-refractivity contribution in [1.29, 1.82) is 0 Å². The molecule has 1 heterocycles. The standard InChI is InChI=1S/C11H13BrN2O3/c1-2-16-10(15)7-3-9(4-7)17-11-13-5-8(12)6-14-11/h5-7,9H,2-4H2,1H3/t7-,9+. The van der Waals surface area contributed by atoms with Crippen LogP contribution < -0.4 is 4.74 Å². The van der Waals surface area contributed by atoms with Crippen LogP contribution in [0, 0.1) is 5.92 Å². The SMILES string of the molecule is CCOC(=O)[C@H]1C[C@@H](Oc2ncc(Br)cn2)C1. The first-order valence-corrected chi connectivity index (χ1v) is 6.29. The Hall–Kier alpha value is -1.17. The maximum atomic E-state index is 11.4. The van der Waals surface area contributed by atoms with Gasteiger partial charge in [-0.2, -0.15) is 0 Å². The van der Waals surface area contributed by atoms with Gasteiger partial charge in [0.05, 0.1) is 17.0 Å². The van der Waals surface area contributed by atoms with Crippen LogP contribution in [0.3, 0.4) is 0 Å². The van der Waals surface area contributed by atoms with E-state index in [1.165, 1.54) is 0 Å². The molecule has 1 saturated carbocycles. The minimum absolute atomic E-state index is 0.0191. The summed E-state index contributed by atoms with van der Waals surface area (Å²) < 4.78 is 11.2. The molecule has 0 saturated heterocycles. The van der Waals surface area contributed by atoms with Gasteiger partial charge in [0, 0.05) is 12.4 Å². The van der Waals surface area contributed by atoms with Crippen LogP contribution in [0.25, 0.3) is 0 Å². The van der Waals surface area contributed by atoms with Crippen molar-refractivity contribution in [2.45, 2.75) is 25.9 Å². The third-order valence-electron chi connectivity index (χ3n) is 2.58. The van der Waals surface area contributed by atoms with Gasteiger partial charge in [0.2, 0.25) is 0 Å². The van der Waals surface area contributed by atoms with Crippen LogP contribution in [-0.4, -0.2) is 28.6 Å². The lowest BCUT2D eigenvalue weighted by Crippen LogP contribution is -2.39. The molecular formula is C11H13BrN2O3. The zero-order chi connectivity index (χ0) is 12.3. The fourth-order valence-corrected chi connectivity index (χ4v) is 1.83. The Morgan fingerprint density at radius 2 is 2.12 bits per heavy atom. The number of esters is 1. The van der Waals surface area contributed by atoms with Crippen molar-refractivity contribution in [1.82, 2.24) is 9.97 Å². The summed E-state index contributed by atoms with van der Waals surface area (Å²) in [5.74, 6) is -0.167. The predicted octanol–water partition coefficient (Wildman–Crippen LogP) is 1.96. The zero-order valence-electron chi connectivity index (χ0n) is 9.43. The molecule has 0 unspecified atom stereocenters. The van der Waals surface area contributed by atoms with Crippen molar-refractivity contribution in [3.05, 3.63) is 16.9 Å². The van der Waals surface area contributed by atoms with Crippen molar-refractivity contribution < 1.29 is 14.3 Å². The summed E-state index contributed by atoms with van der Waals surface area (Å²) in [4.78, 5) is 19.4. The van der Waals surface area contributed by atoms with E-state index >= 15 is 0 Å². The van der Waals surface area contributed by atoms with Crippen LogP contribution in [0.5, 0.6) is 6.01 Å². The summed E-state index contributed by atoms with van der Waals surface area (Å²) in [5.41, 5.74) is 0. The van der Waals surface area contributed by atoms with E-state index in [4.69, 9.17) is 9.47 Å². The number of nitrogens with zero attached hydrogens (tertiary/aromatic N) is 2. The van der Waals surface area contributed by atoms with Crippen molar-refractivity contribution in [2.24, 2.45) is 5.92 Å². The van der Waals surface area contributed by atoms with E-state index in [-0.39, 0.29) is 18.0 Å². The Bertz CT molecular complexity index is 390. The number of carbonyl (C=O) groups excluding carboxylic acids is 1. The molecule has 1 fully saturated rings. The van der Waals surface area contributed by atoms with Gasteiger partial charge in [0.15, 0.2) is 0 Å². The molecule has 1 aromatic heterocycles. The topological polar surface area (TPSA) is 61.3 Å². The molecule has 1 aliphatic carbocycles. The van der Waals surface area contributed by atoms with Gasteiger partial charge in [-0.05, 0) is 35.7 Å². The van der Waals surface area contributed by atoms with Gasteiger partial charge in [0.25, 0.3) is 0 Å². The minimum Gasteiger partial charge on any atom is -0.466 e. The molecule has 2 rings (SSSR count). The van der Waals surface area contributed by atoms with Gasteiger partial charge in [-0.25, -0.2) is 9.97 Å². The summed E-state index contributed by atoms with van der Waals surface area (Å²) in [5, 5.41) is 0. The average Bonchev–Trinajstić information content (AvgIpc) is 2.25. The molecule has 1 aliphatic rings. The number of hydrogen-bond donors (Lipinski definition) is 0. The van der Waals surface area contributed by atoms with Gasteiger partial charge in [0.1, 0.15) is 6.10 Å². The summed E-state index contributed by atoms with van der Waals surface area (Å²) >= 11 is 3.25. The van der Waals surface area contributed by atoms with Crippen LogP contribution in [-0.2, 0) is 9.53 Å². The van der Waals surface area contributed by atoms with E-state index in [2.05, 4.69) is 25.9 Å². The highest BCUT2D eigenvalue weighted by Crippen LogP contribution is 2.31. The molecule has 0 amide bonds. The first kappa shape index (κ1) is 12.3. The van der Waals surface area contributed by atoms with E-state index in [0.29, 0.717) is 25.5 Å². The van der Waals surface area contributed by atoms with Crippen molar-refractivity contribution in [3.8, 4) is 6.01 Å². The minimum atomic E-state index is -0.135. The Balaban J connectivity index is 1.77. The molecule has 0 aromatic carbocycles. The van der Waals surface area contributed by atoms with E-state index in [1.54, 1.807) is 19.3 Å². The second kappa shape index (κ2) is 5.44. The van der Waals surface area contributed by atoms with E-state index in [1.807, 2.05) is 0 Å². The van der Waals surface area contributed by atoms with Crippen molar-refractivity contribution in [3.63, 3.8) is 0 Å². The van der Waals surface area contributed by atoms with Gasteiger partial charge in [-0.3, -0.25) is 4.79 Å². The van der Waals surface area contributed by atoms with Crippen LogP contribution in [0.2, 0.25) is 0 Å². The first-order valence-electron chi connectivity index (χ1n) is 5.50. The predicted molar refractivity (Wildman–Crippen MR) is 63.5 cm³/mol. The summed E-state index contributed by atoms with van der Waals surface area (Å²) in [7, 11) is 0. The van der Waals surface area contributed by atoms with Gasteiger partial charge < -0.3 is 9.47 Å². The smallest absolute Gasteiger partial charge is 0.316 e. The zero-order valence-corrected chi connectivity index (χ0v) is 11.0. The Morgan fingerprint density at radius 3 is 2.71 bits per heavy atom. The number of ether oxygens (including phenoxy) is 2. The number of hydrogen-bond acceptors (Lipinski definition) is 5. The normalized spacial score (nSPS) is 22.7. The molecule has 0 radical (unpaired) electrons. The monoisotopic (exact) mass is 300 g/mol. The number of carbonyl (C=O) groups is 1. The summed E-state index contributed by atoms with van der Waals surface area (Å²) in [6, 6.07) is 0.348. The van der Waals surface area contributed by atoms with E-state index < -0.39 is 0 Å². The highest BCUT2D eigenvalue weighted by Gasteiger charge is 2.37. The highest BCUT2D eigenvalue weighted by atomic mass is 79.9. The maximum Gasteiger partial charge on any atom is 0.316 e. The third kappa shape index (κ3) is 3.15. The van der Waals surface area contributed by atoms with Gasteiger partial charge in [-0.1, -0.05) is 0 Å². The molecule has 92 valence electrons. The maximum absolute atomic E-state index is 11.4. The molecule has 0 bridgehead atoms. The Morgan fingerprint density at radius 1 is 1.47 bits per heavy atom. The first-order chi connectivity index (χ1) is 8.19. The second-order valence-electron chi connectivity index (χ2n) is 3.84. The van der Waals surface area contributed by atoms with Crippen molar-refractivity contribution in [2.75, 3.05) is 6.61 Å². The number of halogens is 1. The van der Waals surface area contributed by atoms with Crippen LogP contribution in [0.15, 0.2) is 16.9 Å². The van der Waals surface area contributed by atoms with Crippen LogP contribution >= 0.6 is 15.9 Å². The Labute approximate surface area is 108 Å². The quantitative estimate of drug-likeness (QED) is 0.796. The summed E-state index contributed by atoms with van der Waals surface area (Å²) in [6.07, 6.45) is 4.63. The molecule has 0 aliphatic heterocycles. The summed E-state index contributed by atoms with van der Waals surface area (Å²) in [6.45, 7) is 2.23. The lowest BCUT2D eigenvalue weighted by Gasteiger charge is -2.32. The fourth-order valence-electron chi connectivity index (χ4n) is 1.62. The molecule has 1 aromatic rings. The molecule has 0 spiro atoms. The average molecular weight is 301 g/mol. The largest absolute Gasteiger partial charge is 0.466 e. The highest BCUT2D eigenvalue weighted by molar-refractivity contribution is 9.10. The second-order valence-corrected chi connectivity index (χ2v) is 4.76. The molecular weight excluding hydrogens is 288 g/mol. The van der Waals surface area contributed by atoms with Gasteiger partial charge >= 0.3 is 12.0 Å². The molecule has 0 N–H and O–H groups in total. The number of rotatable bonds is 4. The van der Waals surface area contributed by atoms with Crippen LogP contribution in [0.1, 0.15) is 19.8 Å². The molecule has 5 nitrogen and oxygen atoms in total. The number of aromatic nitrogens is 2. The lowest BCUT2D eigenvalue weighted by molar-refractivity contribution is -0.154. The van der Waals surface area contributed by atoms with Gasteiger partial charge in [-0.15, -0.1) is 0 Å². The van der Waals surface area contributed by atoms with Crippen LogP contribution in [0.4, 0.5) is 0 Å². The van der Waals surface area contributed by atoms with E-state index in [0.717, 1.165) is 4.47 Å². The lowest BCUT2D eigenvalue weighted by atomic mass is 9.82. The molecule has 0 atom stereocenters. The van der Waals surface area contributed by atoms with Crippen molar-refractivity contribution >= 4 is 21.9 Å².